The Labute approximate surface area is 108 Å². The van der Waals surface area contributed by atoms with Crippen molar-refractivity contribution in [1.29, 1.82) is 0 Å². The molecular formula is C11H13N3O5. The molecule has 19 heavy (non-hydrogen) atoms. The highest BCUT2D eigenvalue weighted by Crippen LogP contribution is 2.13. The van der Waals surface area contributed by atoms with Gasteiger partial charge in [-0.25, -0.2) is 0 Å². The van der Waals surface area contributed by atoms with Crippen molar-refractivity contribution in [1.82, 2.24) is 5.32 Å². The van der Waals surface area contributed by atoms with E-state index < -0.39 is 23.5 Å². The van der Waals surface area contributed by atoms with Gasteiger partial charge < -0.3 is 15.6 Å². The largest absolute Gasteiger partial charge is 0.411 e. The fraction of sp³-hybridized carbons (Fsp3) is 0.273. The van der Waals surface area contributed by atoms with Crippen LogP contribution >= 0.6 is 0 Å². The number of non-ortho nitro benzene ring substituents is 1. The molecule has 1 amide bonds. The summed E-state index contributed by atoms with van der Waals surface area (Å²) < 4.78 is 0. The van der Waals surface area contributed by atoms with Crippen molar-refractivity contribution in [2.45, 2.75) is 13.0 Å². The molecule has 0 fully saturated rings. The number of nitro benzene ring substituents is 1. The molecular weight excluding hydrogens is 254 g/mol. The Hall–Kier alpha value is -2.48. The lowest BCUT2D eigenvalue weighted by molar-refractivity contribution is -0.384. The lowest BCUT2D eigenvalue weighted by Crippen LogP contribution is -2.42. The first-order valence-electron chi connectivity index (χ1n) is 5.34. The second-order valence-electron chi connectivity index (χ2n) is 3.72. The van der Waals surface area contributed by atoms with Crippen molar-refractivity contribution < 1.29 is 20.0 Å². The van der Waals surface area contributed by atoms with Gasteiger partial charge in [-0.1, -0.05) is 5.16 Å². The first kappa shape index (κ1) is 14.6. The summed E-state index contributed by atoms with van der Waals surface area (Å²) in [5.41, 5.74) is 0.273. The van der Waals surface area contributed by atoms with E-state index in [-0.39, 0.29) is 11.4 Å². The summed E-state index contributed by atoms with van der Waals surface area (Å²) in [6.07, 6.45) is 0. The van der Waals surface area contributed by atoms with Crippen LogP contribution in [0.15, 0.2) is 29.4 Å². The van der Waals surface area contributed by atoms with Gasteiger partial charge in [0.1, 0.15) is 5.71 Å². The van der Waals surface area contributed by atoms with E-state index in [2.05, 4.69) is 10.5 Å². The molecule has 0 saturated carbocycles. The van der Waals surface area contributed by atoms with Crippen molar-refractivity contribution >= 4 is 17.3 Å². The number of aliphatic hydroxyl groups excluding tert-OH is 1. The van der Waals surface area contributed by atoms with E-state index >= 15 is 0 Å². The number of nitrogens with zero attached hydrogens (tertiary/aromatic N) is 2. The molecule has 8 heteroatoms. The molecule has 102 valence electrons. The maximum absolute atomic E-state index is 11.0. The van der Waals surface area contributed by atoms with Gasteiger partial charge in [0.2, 0.25) is 5.91 Å². The maximum Gasteiger partial charge on any atom is 0.269 e. The number of nitro groups is 1. The third-order valence-electron chi connectivity index (χ3n) is 2.37. The summed E-state index contributed by atoms with van der Waals surface area (Å²) in [6, 6.07) is 4.34. The number of carbonyl (C=O) groups is 1. The molecule has 0 aliphatic rings. The summed E-state index contributed by atoms with van der Waals surface area (Å²) >= 11 is 0. The van der Waals surface area contributed by atoms with Crippen molar-refractivity contribution in [2.75, 3.05) is 6.61 Å². The third-order valence-corrected chi connectivity index (χ3v) is 2.37. The minimum absolute atomic E-state index is 0.0209. The molecule has 0 aliphatic carbocycles. The van der Waals surface area contributed by atoms with Crippen molar-refractivity contribution in [3.8, 4) is 0 Å². The first-order valence-corrected chi connectivity index (χ1v) is 5.34. The Bertz CT molecular complexity index is 498. The number of nitrogens with one attached hydrogen (secondary N) is 1. The molecule has 1 atom stereocenters. The van der Waals surface area contributed by atoms with E-state index in [4.69, 9.17) is 10.3 Å². The second kappa shape index (κ2) is 6.45. The van der Waals surface area contributed by atoms with E-state index in [1.54, 1.807) is 0 Å². The highest BCUT2D eigenvalue weighted by atomic mass is 16.6. The van der Waals surface area contributed by atoms with Crippen LogP contribution in [0.4, 0.5) is 5.69 Å². The predicted molar refractivity (Wildman–Crippen MR) is 66.1 cm³/mol. The van der Waals surface area contributed by atoms with Crippen molar-refractivity contribution in [3.05, 3.63) is 39.9 Å². The zero-order valence-corrected chi connectivity index (χ0v) is 10.1. The van der Waals surface area contributed by atoms with Crippen molar-refractivity contribution in [3.63, 3.8) is 0 Å². The van der Waals surface area contributed by atoms with E-state index in [0.717, 1.165) is 0 Å². The number of oxime groups is 1. The van der Waals surface area contributed by atoms with Crippen LogP contribution in [-0.2, 0) is 4.79 Å². The summed E-state index contributed by atoms with van der Waals surface area (Å²) in [7, 11) is 0. The Morgan fingerprint density at radius 1 is 1.47 bits per heavy atom. The summed E-state index contributed by atoms with van der Waals surface area (Å²) in [6.45, 7) is 0.795. The maximum atomic E-state index is 11.0. The van der Waals surface area contributed by atoms with E-state index in [1.807, 2.05) is 0 Å². The minimum Gasteiger partial charge on any atom is -0.411 e. The van der Waals surface area contributed by atoms with Gasteiger partial charge >= 0.3 is 0 Å². The number of carbonyl (C=O) groups excluding carboxylic acids is 1. The highest BCUT2D eigenvalue weighted by molar-refractivity contribution is 6.05. The molecule has 0 aliphatic heterocycles. The van der Waals surface area contributed by atoms with Gasteiger partial charge in [-0.05, 0) is 12.1 Å². The number of hydrogen-bond acceptors (Lipinski definition) is 6. The molecule has 0 aromatic heterocycles. The predicted octanol–water partition coefficient (Wildman–Crippen LogP) is 0.270. The Kier molecular flexibility index (Phi) is 4.95. The molecule has 0 heterocycles. The molecule has 0 spiro atoms. The minimum atomic E-state index is -0.885. The average molecular weight is 267 g/mol. The van der Waals surface area contributed by atoms with Gasteiger partial charge in [0.25, 0.3) is 5.69 Å². The number of amides is 1. The van der Waals surface area contributed by atoms with Gasteiger partial charge in [0.15, 0.2) is 0 Å². The Balaban J connectivity index is 3.02. The second-order valence-corrected chi connectivity index (χ2v) is 3.72. The SMILES string of the molecule is CC(=O)NC(CO)/C(=N\O)c1ccc([N+](=O)[O-])cc1. The van der Waals surface area contributed by atoms with Gasteiger partial charge in [-0.2, -0.15) is 0 Å². The zero-order valence-electron chi connectivity index (χ0n) is 10.1. The fourth-order valence-corrected chi connectivity index (χ4v) is 1.53. The van der Waals surface area contributed by atoms with Gasteiger partial charge in [-0.15, -0.1) is 0 Å². The van der Waals surface area contributed by atoms with Crippen LogP contribution in [0.2, 0.25) is 0 Å². The quantitative estimate of drug-likeness (QED) is 0.305. The Morgan fingerprint density at radius 2 is 2.05 bits per heavy atom. The number of rotatable bonds is 5. The van der Waals surface area contributed by atoms with Crippen LogP contribution < -0.4 is 5.32 Å². The van der Waals surface area contributed by atoms with Gasteiger partial charge in [0, 0.05) is 24.6 Å². The molecule has 0 bridgehead atoms. The fourth-order valence-electron chi connectivity index (χ4n) is 1.53. The number of benzene rings is 1. The Morgan fingerprint density at radius 3 is 2.42 bits per heavy atom. The molecule has 8 nitrogen and oxygen atoms in total. The van der Waals surface area contributed by atoms with E-state index in [9.17, 15) is 14.9 Å². The molecule has 0 saturated heterocycles. The first-order chi connectivity index (χ1) is 8.99. The summed E-state index contributed by atoms with van der Waals surface area (Å²) in [5, 5.41) is 34.1. The van der Waals surface area contributed by atoms with Crippen LogP contribution in [0.5, 0.6) is 0 Å². The third kappa shape index (κ3) is 3.75. The number of hydrogen-bond donors (Lipinski definition) is 3. The average Bonchev–Trinajstić information content (AvgIpc) is 2.38. The zero-order chi connectivity index (χ0) is 14.4. The van der Waals surface area contributed by atoms with Gasteiger partial charge in [0.05, 0.1) is 17.6 Å². The molecule has 1 unspecified atom stereocenters. The topological polar surface area (TPSA) is 125 Å². The molecule has 1 aromatic rings. The lowest BCUT2D eigenvalue weighted by atomic mass is 10.0. The van der Waals surface area contributed by atoms with Crippen LogP contribution in [0.1, 0.15) is 12.5 Å². The van der Waals surface area contributed by atoms with E-state index in [0.29, 0.717) is 5.56 Å². The molecule has 0 radical (unpaired) electrons. The van der Waals surface area contributed by atoms with Gasteiger partial charge in [-0.3, -0.25) is 14.9 Å². The van der Waals surface area contributed by atoms with Crippen LogP contribution in [-0.4, -0.2) is 39.5 Å². The van der Waals surface area contributed by atoms with Crippen LogP contribution in [0.25, 0.3) is 0 Å². The highest BCUT2D eigenvalue weighted by Gasteiger charge is 2.19. The molecule has 1 rings (SSSR count). The van der Waals surface area contributed by atoms with Crippen molar-refractivity contribution in [2.24, 2.45) is 5.16 Å². The molecule has 3 N–H and O–H groups in total. The van der Waals surface area contributed by atoms with Crippen LogP contribution in [0, 0.1) is 10.1 Å². The number of aliphatic hydroxyl groups is 1. The standard InChI is InChI=1S/C11H13N3O5/c1-7(16)12-10(6-15)11(13-17)8-2-4-9(5-3-8)14(18)19/h2-5,10,15,17H,6H2,1H3,(H,12,16)/b13-11-. The molecule has 1 aromatic carbocycles. The smallest absolute Gasteiger partial charge is 0.269 e. The summed E-state index contributed by atoms with van der Waals surface area (Å²) in [4.78, 5) is 20.9. The van der Waals surface area contributed by atoms with Crippen LogP contribution in [0.3, 0.4) is 0 Å². The normalized spacial score (nSPS) is 12.8. The summed E-state index contributed by atoms with van der Waals surface area (Å²) in [5.74, 6) is -0.401. The van der Waals surface area contributed by atoms with E-state index in [1.165, 1.54) is 31.2 Å². The lowest BCUT2D eigenvalue weighted by Gasteiger charge is -2.16. The monoisotopic (exact) mass is 267 g/mol.